The molecule has 19 heavy (non-hydrogen) atoms. The first kappa shape index (κ1) is 14.3. The summed E-state index contributed by atoms with van der Waals surface area (Å²) in [5.41, 5.74) is 7.19. The van der Waals surface area contributed by atoms with Gasteiger partial charge in [0.15, 0.2) is 0 Å². The fourth-order valence-corrected chi connectivity index (χ4v) is 2.69. The van der Waals surface area contributed by atoms with Gasteiger partial charge < -0.3 is 10.6 Å². The quantitative estimate of drug-likeness (QED) is 0.900. The van der Waals surface area contributed by atoms with E-state index < -0.39 is 0 Å². The SMILES string of the molecule is CC(C)CN1CCN(c2ncccc2[C@H](C)N)CC1. The molecule has 0 radical (unpaired) electrons. The smallest absolute Gasteiger partial charge is 0.133 e. The Morgan fingerprint density at radius 1 is 1.21 bits per heavy atom. The normalized spacial score (nSPS) is 18.9. The Hall–Kier alpha value is -1.13. The molecular weight excluding hydrogens is 236 g/mol. The average molecular weight is 262 g/mol. The topological polar surface area (TPSA) is 45.4 Å². The zero-order chi connectivity index (χ0) is 13.8. The molecule has 0 spiro atoms. The Bertz CT molecular complexity index is 395. The van der Waals surface area contributed by atoms with Crippen LogP contribution in [0.1, 0.15) is 32.4 Å². The van der Waals surface area contributed by atoms with Gasteiger partial charge in [-0.2, -0.15) is 0 Å². The predicted octanol–water partition coefficient (Wildman–Crippen LogP) is 1.88. The van der Waals surface area contributed by atoms with Gasteiger partial charge in [-0.25, -0.2) is 4.98 Å². The van der Waals surface area contributed by atoms with E-state index >= 15 is 0 Å². The molecule has 0 aliphatic carbocycles. The van der Waals surface area contributed by atoms with Crippen LogP contribution < -0.4 is 10.6 Å². The Morgan fingerprint density at radius 3 is 2.47 bits per heavy atom. The van der Waals surface area contributed by atoms with Crippen LogP contribution in [-0.2, 0) is 0 Å². The van der Waals surface area contributed by atoms with E-state index in [1.165, 1.54) is 6.54 Å². The van der Waals surface area contributed by atoms with Crippen molar-refractivity contribution >= 4 is 5.82 Å². The fraction of sp³-hybridized carbons (Fsp3) is 0.667. The van der Waals surface area contributed by atoms with Gasteiger partial charge in [0.1, 0.15) is 5.82 Å². The highest BCUT2D eigenvalue weighted by Gasteiger charge is 2.21. The number of anilines is 1. The maximum atomic E-state index is 6.04. The van der Waals surface area contributed by atoms with Gasteiger partial charge in [-0.15, -0.1) is 0 Å². The number of rotatable bonds is 4. The molecule has 0 aromatic carbocycles. The molecule has 1 aromatic heterocycles. The molecule has 2 heterocycles. The maximum absolute atomic E-state index is 6.04. The van der Waals surface area contributed by atoms with Crippen molar-refractivity contribution in [2.45, 2.75) is 26.8 Å². The molecule has 4 heteroatoms. The molecule has 106 valence electrons. The van der Waals surface area contributed by atoms with Crippen LogP contribution in [-0.4, -0.2) is 42.6 Å². The summed E-state index contributed by atoms with van der Waals surface area (Å²) in [5, 5.41) is 0. The summed E-state index contributed by atoms with van der Waals surface area (Å²) in [5.74, 6) is 1.81. The van der Waals surface area contributed by atoms with Crippen molar-refractivity contribution in [2.24, 2.45) is 11.7 Å². The summed E-state index contributed by atoms with van der Waals surface area (Å²) in [6.45, 7) is 12.1. The summed E-state index contributed by atoms with van der Waals surface area (Å²) in [4.78, 5) is 9.44. The third-order valence-electron chi connectivity index (χ3n) is 3.60. The first-order valence-electron chi connectivity index (χ1n) is 7.25. The number of hydrogen-bond acceptors (Lipinski definition) is 4. The van der Waals surface area contributed by atoms with Crippen molar-refractivity contribution in [3.8, 4) is 0 Å². The predicted molar refractivity (Wildman–Crippen MR) is 80.3 cm³/mol. The number of aromatic nitrogens is 1. The van der Waals surface area contributed by atoms with Gasteiger partial charge in [0.25, 0.3) is 0 Å². The second-order valence-electron chi connectivity index (χ2n) is 5.89. The highest BCUT2D eigenvalue weighted by Crippen LogP contribution is 2.23. The lowest BCUT2D eigenvalue weighted by atomic mass is 10.1. The first-order valence-corrected chi connectivity index (χ1v) is 7.25. The molecule has 1 fully saturated rings. The monoisotopic (exact) mass is 262 g/mol. The van der Waals surface area contributed by atoms with E-state index in [4.69, 9.17) is 5.73 Å². The molecule has 1 aromatic rings. The van der Waals surface area contributed by atoms with Crippen LogP contribution in [0.3, 0.4) is 0 Å². The van der Waals surface area contributed by atoms with Gasteiger partial charge in [-0.05, 0) is 18.9 Å². The number of piperazine rings is 1. The summed E-state index contributed by atoms with van der Waals surface area (Å²) >= 11 is 0. The summed E-state index contributed by atoms with van der Waals surface area (Å²) in [6, 6.07) is 4.10. The van der Waals surface area contributed by atoms with Crippen molar-refractivity contribution in [3.05, 3.63) is 23.9 Å². The highest BCUT2D eigenvalue weighted by atomic mass is 15.3. The van der Waals surface area contributed by atoms with Gasteiger partial charge in [-0.3, -0.25) is 4.90 Å². The van der Waals surface area contributed by atoms with Crippen molar-refractivity contribution in [2.75, 3.05) is 37.6 Å². The molecule has 2 N–H and O–H groups in total. The fourth-order valence-electron chi connectivity index (χ4n) is 2.69. The van der Waals surface area contributed by atoms with Crippen LogP contribution in [0.4, 0.5) is 5.82 Å². The van der Waals surface area contributed by atoms with Gasteiger partial charge in [0, 0.05) is 50.5 Å². The zero-order valence-electron chi connectivity index (χ0n) is 12.3. The molecule has 1 atom stereocenters. The minimum Gasteiger partial charge on any atom is -0.354 e. The molecule has 2 rings (SSSR count). The van der Waals surface area contributed by atoms with Crippen LogP contribution >= 0.6 is 0 Å². The van der Waals surface area contributed by atoms with E-state index in [0.717, 1.165) is 43.5 Å². The molecule has 1 saturated heterocycles. The van der Waals surface area contributed by atoms with E-state index in [1.54, 1.807) is 0 Å². The van der Waals surface area contributed by atoms with E-state index in [-0.39, 0.29) is 6.04 Å². The van der Waals surface area contributed by atoms with Crippen molar-refractivity contribution in [1.82, 2.24) is 9.88 Å². The van der Waals surface area contributed by atoms with Crippen molar-refractivity contribution in [1.29, 1.82) is 0 Å². The summed E-state index contributed by atoms with van der Waals surface area (Å²) in [6.07, 6.45) is 1.86. The van der Waals surface area contributed by atoms with Gasteiger partial charge >= 0.3 is 0 Å². The Kier molecular flexibility index (Phi) is 4.77. The third-order valence-corrected chi connectivity index (χ3v) is 3.60. The number of hydrogen-bond donors (Lipinski definition) is 1. The zero-order valence-corrected chi connectivity index (χ0v) is 12.3. The second-order valence-corrected chi connectivity index (χ2v) is 5.89. The number of pyridine rings is 1. The largest absolute Gasteiger partial charge is 0.354 e. The lowest BCUT2D eigenvalue weighted by Gasteiger charge is -2.37. The second kappa shape index (κ2) is 6.35. The Labute approximate surface area is 116 Å². The van der Waals surface area contributed by atoms with Gasteiger partial charge in [0.2, 0.25) is 0 Å². The van der Waals surface area contributed by atoms with E-state index in [0.29, 0.717) is 0 Å². The molecule has 0 unspecified atom stereocenters. The summed E-state index contributed by atoms with van der Waals surface area (Å²) < 4.78 is 0. The van der Waals surface area contributed by atoms with E-state index in [2.05, 4.69) is 34.7 Å². The molecule has 0 amide bonds. The van der Waals surface area contributed by atoms with Crippen molar-refractivity contribution < 1.29 is 0 Å². The third kappa shape index (κ3) is 3.67. The molecule has 4 nitrogen and oxygen atoms in total. The molecule has 1 aliphatic heterocycles. The van der Waals surface area contributed by atoms with Crippen LogP contribution in [0, 0.1) is 5.92 Å². The lowest BCUT2D eigenvalue weighted by Crippen LogP contribution is -2.48. The Morgan fingerprint density at radius 2 is 1.89 bits per heavy atom. The van der Waals surface area contributed by atoms with Crippen LogP contribution in [0.15, 0.2) is 18.3 Å². The highest BCUT2D eigenvalue weighted by molar-refractivity contribution is 5.48. The standard InChI is InChI=1S/C15H26N4/c1-12(2)11-18-7-9-19(10-8-18)15-14(13(3)16)5-4-6-17-15/h4-6,12-13H,7-11,16H2,1-3H3/t13-/m0/s1. The first-order chi connectivity index (χ1) is 9.08. The maximum Gasteiger partial charge on any atom is 0.133 e. The van der Waals surface area contributed by atoms with E-state index in [1.807, 2.05) is 19.2 Å². The minimum absolute atomic E-state index is 0.0393. The molecule has 0 saturated carbocycles. The minimum atomic E-state index is 0.0393. The molecule has 0 bridgehead atoms. The average Bonchev–Trinajstić information content (AvgIpc) is 2.39. The van der Waals surface area contributed by atoms with Crippen molar-refractivity contribution in [3.63, 3.8) is 0 Å². The van der Waals surface area contributed by atoms with Crippen LogP contribution in [0.25, 0.3) is 0 Å². The van der Waals surface area contributed by atoms with Crippen LogP contribution in [0.5, 0.6) is 0 Å². The lowest BCUT2D eigenvalue weighted by molar-refractivity contribution is 0.230. The summed E-state index contributed by atoms with van der Waals surface area (Å²) in [7, 11) is 0. The van der Waals surface area contributed by atoms with E-state index in [9.17, 15) is 0 Å². The Balaban J connectivity index is 2.02. The molecular formula is C15H26N4. The molecule has 1 aliphatic rings. The number of nitrogens with two attached hydrogens (primary N) is 1. The van der Waals surface area contributed by atoms with Gasteiger partial charge in [0.05, 0.1) is 0 Å². The van der Waals surface area contributed by atoms with Crippen LogP contribution in [0.2, 0.25) is 0 Å². The number of nitrogens with zero attached hydrogens (tertiary/aromatic N) is 3. The van der Waals surface area contributed by atoms with Gasteiger partial charge in [-0.1, -0.05) is 19.9 Å².